The minimum Gasteiger partial charge on any atom is -0.441 e. The van der Waals surface area contributed by atoms with E-state index in [1.165, 1.54) is 0 Å². The van der Waals surface area contributed by atoms with E-state index in [2.05, 4.69) is 15.3 Å². The van der Waals surface area contributed by atoms with E-state index in [0.717, 1.165) is 16.4 Å². The van der Waals surface area contributed by atoms with E-state index >= 15 is 0 Å². The molecule has 2 heterocycles. The Kier molecular flexibility index (Phi) is 2.72. The van der Waals surface area contributed by atoms with Gasteiger partial charge in [-0.25, -0.2) is 4.98 Å². The number of benzene rings is 2. The summed E-state index contributed by atoms with van der Waals surface area (Å²) in [5.41, 5.74) is 3.66. The second kappa shape index (κ2) is 4.73. The summed E-state index contributed by atoms with van der Waals surface area (Å²) in [4.78, 5) is 19.7. The van der Waals surface area contributed by atoms with Gasteiger partial charge in [-0.3, -0.25) is 4.79 Å². The number of nitrogens with zero attached hydrogens (tertiary/aromatic N) is 1. The van der Waals surface area contributed by atoms with Crippen LogP contribution in [-0.2, 0) is 0 Å². The molecule has 108 valence electrons. The van der Waals surface area contributed by atoms with Gasteiger partial charge in [-0.05, 0) is 35.7 Å². The molecule has 5 heteroatoms. The molecule has 0 aliphatic rings. The van der Waals surface area contributed by atoms with Gasteiger partial charge >= 0.3 is 0 Å². The molecule has 2 N–H and O–H groups in total. The third kappa shape index (κ3) is 2.13. The fraction of sp³-hybridized carbons (Fsp3) is 0.0588. The Labute approximate surface area is 126 Å². The minimum atomic E-state index is -0.160. The zero-order valence-corrected chi connectivity index (χ0v) is 11.9. The summed E-state index contributed by atoms with van der Waals surface area (Å²) in [6.45, 7) is 1.80. The Morgan fingerprint density at radius 1 is 1.18 bits per heavy atom. The van der Waals surface area contributed by atoms with E-state index in [9.17, 15) is 4.79 Å². The summed E-state index contributed by atoms with van der Waals surface area (Å²) < 4.78 is 5.48. The van der Waals surface area contributed by atoms with Crippen molar-refractivity contribution in [2.75, 3.05) is 5.32 Å². The lowest BCUT2D eigenvalue weighted by Gasteiger charge is -2.05. The lowest BCUT2D eigenvalue weighted by atomic mass is 10.1. The summed E-state index contributed by atoms with van der Waals surface area (Å²) >= 11 is 0. The number of carbonyl (C=O) groups excluding carboxylic acids is 1. The minimum absolute atomic E-state index is 0.160. The van der Waals surface area contributed by atoms with Crippen molar-refractivity contribution in [2.24, 2.45) is 0 Å². The molecule has 0 fully saturated rings. The van der Waals surface area contributed by atoms with Gasteiger partial charge < -0.3 is 14.7 Å². The summed E-state index contributed by atoms with van der Waals surface area (Å²) in [7, 11) is 0. The van der Waals surface area contributed by atoms with Gasteiger partial charge in [0.05, 0.1) is 0 Å². The number of aromatic amines is 1. The zero-order chi connectivity index (χ0) is 15.1. The number of aromatic nitrogens is 2. The molecule has 0 saturated carbocycles. The van der Waals surface area contributed by atoms with Gasteiger partial charge in [-0.15, -0.1) is 0 Å². The van der Waals surface area contributed by atoms with Gasteiger partial charge in [0, 0.05) is 36.0 Å². The maximum Gasteiger partial charge on any atom is 0.255 e. The smallest absolute Gasteiger partial charge is 0.255 e. The van der Waals surface area contributed by atoms with Gasteiger partial charge in [-0.2, -0.15) is 0 Å². The quantitative estimate of drug-likeness (QED) is 0.589. The van der Waals surface area contributed by atoms with E-state index in [1.54, 1.807) is 13.0 Å². The number of fused-ring (bicyclic) bond motifs is 2. The van der Waals surface area contributed by atoms with Crippen LogP contribution in [0.25, 0.3) is 22.0 Å². The standard InChI is InChI=1S/C17H13N3O2/c1-10-19-14-5-4-13(9-16(14)22-10)20-17(21)12-3-2-11-6-7-18-15(11)8-12/h2-9,18H,1H3,(H,20,21). The van der Waals surface area contributed by atoms with E-state index in [4.69, 9.17) is 4.42 Å². The molecule has 0 spiro atoms. The number of hydrogen-bond acceptors (Lipinski definition) is 3. The molecular formula is C17H13N3O2. The molecule has 4 rings (SSSR count). The SMILES string of the molecule is Cc1nc2ccc(NC(=O)c3ccc4cc[nH]c4c3)cc2o1. The Morgan fingerprint density at radius 2 is 2.09 bits per heavy atom. The van der Waals surface area contributed by atoms with Crippen molar-refractivity contribution in [1.29, 1.82) is 0 Å². The largest absolute Gasteiger partial charge is 0.441 e. The maximum absolute atomic E-state index is 12.3. The van der Waals surface area contributed by atoms with Crippen molar-refractivity contribution in [3.63, 3.8) is 0 Å². The van der Waals surface area contributed by atoms with Crippen LogP contribution in [0.1, 0.15) is 16.2 Å². The van der Waals surface area contributed by atoms with Crippen LogP contribution in [0.15, 0.2) is 53.1 Å². The van der Waals surface area contributed by atoms with Crippen LogP contribution in [-0.4, -0.2) is 15.9 Å². The number of oxazole rings is 1. The molecule has 2 aromatic heterocycles. The van der Waals surface area contributed by atoms with Gasteiger partial charge in [0.25, 0.3) is 5.91 Å². The molecule has 0 unspecified atom stereocenters. The Balaban J connectivity index is 1.64. The predicted octanol–water partition coefficient (Wildman–Crippen LogP) is 3.87. The van der Waals surface area contributed by atoms with Crippen LogP contribution in [0.3, 0.4) is 0 Å². The fourth-order valence-corrected chi connectivity index (χ4v) is 2.51. The number of anilines is 1. The number of rotatable bonds is 2. The van der Waals surface area contributed by atoms with Gasteiger partial charge in [0.2, 0.25) is 0 Å². The molecule has 0 aliphatic heterocycles. The van der Waals surface area contributed by atoms with E-state index in [-0.39, 0.29) is 5.91 Å². The van der Waals surface area contributed by atoms with Gasteiger partial charge in [0.15, 0.2) is 11.5 Å². The molecule has 22 heavy (non-hydrogen) atoms. The summed E-state index contributed by atoms with van der Waals surface area (Å²) in [6.07, 6.45) is 1.85. The summed E-state index contributed by atoms with van der Waals surface area (Å²) in [5.74, 6) is 0.447. The fourth-order valence-electron chi connectivity index (χ4n) is 2.51. The van der Waals surface area contributed by atoms with Gasteiger partial charge in [0.1, 0.15) is 5.52 Å². The Bertz CT molecular complexity index is 997. The predicted molar refractivity (Wildman–Crippen MR) is 85.0 cm³/mol. The third-order valence-electron chi connectivity index (χ3n) is 3.57. The van der Waals surface area contributed by atoms with Crippen LogP contribution in [0, 0.1) is 6.92 Å². The molecule has 0 atom stereocenters. The highest BCUT2D eigenvalue weighted by molar-refractivity contribution is 6.06. The number of aryl methyl sites for hydroxylation is 1. The molecule has 0 radical (unpaired) electrons. The molecule has 0 saturated heterocycles. The van der Waals surface area contributed by atoms with E-state index in [1.807, 2.05) is 42.6 Å². The first kappa shape index (κ1) is 12.6. The van der Waals surface area contributed by atoms with Crippen LogP contribution in [0.5, 0.6) is 0 Å². The lowest BCUT2D eigenvalue weighted by molar-refractivity contribution is 0.102. The van der Waals surface area contributed by atoms with E-state index < -0.39 is 0 Å². The molecule has 2 aromatic carbocycles. The molecule has 0 bridgehead atoms. The van der Waals surface area contributed by atoms with Crippen LogP contribution in [0.4, 0.5) is 5.69 Å². The lowest BCUT2D eigenvalue weighted by Crippen LogP contribution is -2.11. The topological polar surface area (TPSA) is 70.9 Å². The maximum atomic E-state index is 12.3. The monoisotopic (exact) mass is 291 g/mol. The van der Waals surface area contributed by atoms with Gasteiger partial charge in [-0.1, -0.05) is 6.07 Å². The number of hydrogen-bond donors (Lipinski definition) is 2. The molecule has 1 amide bonds. The number of amides is 1. The van der Waals surface area contributed by atoms with Crippen molar-refractivity contribution in [3.8, 4) is 0 Å². The van der Waals surface area contributed by atoms with Crippen molar-refractivity contribution in [1.82, 2.24) is 9.97 Å². The molecule has 5 nitrogen and oxygen atoms in total. The summed E-state index contributed by atoms with van der Waals surface area (Å²) in [6, 6.07) is 13.0. The highest BCUT2D eigenvalue weighted by Gasteiger charge is 2.09. The molecular weight excluding hydrogens is 278 g/mol. The third-order valence-corrected chi connectivity index (χ3v) is 3.57. The number of carbonyl (C=O) groups is 1. The average Bonchev–Trinajstić information content (AvgIpc) is 3.10. The van der Waals surface area contributed by atoms with Crippen molar-refractivity contribution < 1.29 is 9.21 Å². The van der Waals surface area contributed by atoms with Crippen LogP contribution in [0.2, 0.25) is 0 Å². The first-order valence-corrected chi connectivity index (χ1v) is 6.95. The highest BCUT2D eigenvalue weighted by Crippen LogP contribution is 2.21. The van der Waals surface area contributed by atoms with Crippen LogP contribution >= 0.6 is 0 Å². The first-order chi connectivity index (χ1) is 10.7. The number of H-pyrrole nitrogens is 1. The molecule has 0 aliphatic carbocycles. The van der Waals surface area contributed by atoms with Crippen molar-refractivity contribution >= 4 is 33.6 Å². The van der Waals surface area contributed by atoms with Crippen molar-refractivity contribution in [3.05, 3.63) is 60.1 Å². The second-order valence-electron chi connectivity index (χ2n) is 5.15. The van der Waals surface area contributed by atoms with Crippen molar-refractivity contribution in [2.45, 2.75) is 6.92 Å². The first-order valence-electron chi connectivity index (χ1n) is 6.95. The van der Waals surface area contributed by atoms with Crippen LogP contribution < -0.4 is 5.32 Å². The second-order valence-corrected chi connectivity index (χ2v) is 5.15. The normalized spacial score (nSPS) is 11.1. The zero-order valence-electron chi connectivity index (χ0n) is 11.9. The number of nitrogens with one attached hydrogen (secondary N) is 2. The summed E-state index contributed by atoms with van der Waals surface area (Å²) in [5, 5.41) is 3.95. The van der Waals surface area contributed by atoms with E-state index in [0.29, 0.717) is 22.7 Å². The molecule has 4 aromatic rings. The Morgan fingerprint density at radius 3 is 3.00 bits per heavy atom. The average molecular weight is 291 g/mol. The highest BCUT2D eigenvalue weighted by atomic mass is 16.3. The Hall–Kier alpha value is -3.08.